The molecule has 24 heavy (non-hydrogen) atoms. The topological polar surface area (TPSA) is 104 Å². The van der Waals surface area contributed by atoms with Gasteiger partial charge in [0, 0.05) is 25.5 Å². The molecular weight excluding hydrogens is 332 g/mol. The van der Waals surface area contributed by atoms with Gasteiger partial charge in [0.25, 0.3) is 5.91 Å². The van der Waals surface area contributed by atoms with Gasteiger partial charge in [0.2, 0.25) is 10.0 Å². The molecule has 3 rings (SSSR count). The highest BCUT2D eigenvalue weighted by Gasteiger charge is 2.28. The van der Waals surface area contributed by atoms with Crippen LogP contribution in [0.4, 0.5) is 5.82 Å². The average molecular weight is 350 g/mol. The van der Waals surface area contributed by atoms with E-state index in [-0.39, 0.29) is 10.6 Å². The van der Waals surface area contributed by atoms with Crippen molar-refractivity contribution >= 4 is 21.7 Å². The summed E-state index contributed by atoms with van der Waals surface area (Å²) in [4.78, 5) is 19.0. The molecule has 0 saturated carbocycles. The number of morpholine rings is 1. The zero-order valence-electron chi connectivity index (χ0n) is 13.2. The third kappa shape index (κ3) is 3.48. The molecule has 8 nitrogen and oxygen atoms in total. The molecule has 1 fully saturated rings. The van der Waals surface area contributed by atoms with E-state index in [1.807, 2.05) is 13.0 Å². The monoisotopic (exact) mass is 350 g/mol. The number of sulfonamides is 1. The van der Waals surface area contributed by atoms with Crippen molar-refractivity contribution < 1.29 is 17.9 Å². The average Bonchev–Trinajstić information content (AvgIpc) is 3.07. The van der Waals surface area contributed by atoms with E-state index in [0.717, 1.165) is 5.56 Å². The summed E-state index contributed by atoms with van der Waals surface area (Å²) >= 11 is 0. The van der Waals surface area contributed by atoms with E-state index in [0.29, 0.717) is 32.1 Å². The fourth-order valence-corrected chi connectivity index (χ4v) is 3.78. The fraction of sp³-hybridized carbons (Fsp3) is 0.333. The maximum absolute atomic E-state index is 12.5. The maximum atomic E-state index is 12.5. The molecule has 2 N–H and O–H groups in total. The quantitative estimate of drug-likeness (QED) is 0.856. The second-order valence-electron chi connectivity index (χ2n) is 5.44. The van der Waals surface area contributed by atoms with Crippen molar-refractivity contribution in [3.05, 3.63) is 41.9 Å². The summed E-state index contributed by atoms with van der Waals surface area (Å²) in [6, 6.07) is 4.87. The van der Waals surface area contributed by atoms with Crippen LogP contribution in [0.25, 0.3) is 0 Å². The van der Waals surface area contributed by atoms with E-state index >= 15 is 0 Å². The number of carbonyl (C=O) groups is 1. The Kier molecular flexibility index (Phi) is 4.65. The Labute approximate surface area is 139 Å². The normalized spacial score (nSPS) is 16.0. The lowest BCUT2D eigenvalue weighted by Crippen LogP contribution is -2.40. The Balaban J connectivity index is 1.76. The van der Waals surface area contributed by atoms with Crippen molar-refractivity contribution in [1.82, 2.24) is 14.3 Å². The third-order valence-corrected chi connectivity index (χ3v) is 5.54. The van der Waals surface area contributed by atoms with Crippen LogP contribution < -0.4 is 5.32 Å². The Bertz CT molecular complexity index is 841. The van der Waals surface area contributed by atoms with Crippen LogP contribution in [-0.4, -0.2) is 54.9 Å². The smallest absolute Gasteiger partial charge is 0.273 e. The van der Waals surface area contributed by atoms with Gasteiger partial charge in [-0.2, -0.15) is 4.31 Å². The molecule has 2 aromatic heterocycles. The summed E-state index contributed by atoms with van der Waals surface area (Å²) in [7, 11) is -3.63. The van der Waals surface area contributed by atoms with Crippen molar-refractivity contribution in [2.45, 2.75) is 11.8 Å². The lowest BCUT2D eigenvalue weighted by molar-refractivity contribution is 0.0730. The van der Waals surface area contributed by atoms with E-state index in [4.69, 9.17) is 4.74 Å². The highest BCUT2D eigenvalue weighted by Crippen LogP contribution is 2.18. The van der Waals surface area contributed by atoms with Gasteiger partial charge < -0.3 is 15.0 Å². The lowest BCUT2D eigenvalue weighted by Gasteiger charge is -2.25. The molecule has 0 atom stereocenters. The number of ether oxygens (including phenoxy) is 1. The van der Waals surface area contributed by atoms with Crippen LogP contribution in [0.5, 0.6) is 0 Å². The van der Waals surface area contributed by atoms with Crippen molar-refractivity contribution in [3.63, 3.8) is 0 Å². The molecule has 0 unspecified atom stereocenters. The van der Waals surface area contributed by atoms with Gasteiger partial charge in [0.15, 0.2) is 0 Å². The second kappa shape index (κ2) is 6.71. The zero-order chi connectivity index (χ0) is 17.2. The van der Waals surface area contributed by atoms with Crippen molar-refractivity contribution in [3.8, 4) is 0 Å². The Morgan fingerprint density at radius 1 is 1.33 bits per heavy atom. The number of hydrogen-bond donors (Lipinski definition) is 2. The predicted octanol–water partition coefficient (Wildman–Crippen LogP) is 0.991. The third-order valence-electron chi connectivity index (χ3n) is 3.67. The van der Waals surface area contributed by atoms with Gasteiger partial charge in [-0.1, -0.05) is 0 Å². The van der Waals surface area contributed by atoms with Crippen LogP contribution in [0, 0.1) is 6.92 Å². The number of amides is 1. The Morgan fingerprint density at radius 3 is 2.79 bits per heavy atom. The van der Waals surface area contributed by atoms with Gasteiger partial charge in [0.1, 0.15) is 16.4 Å². The van der Waals surface area contributed by atoms with Gasteiger partial charge in [-0.15, -0.1) is 0 Å². The molecule has 0 aromatic carbocycles. The first-order valence-electron chi connectivity index (χ1n) is 7.47. The molecule has 1 aliphatic heterocycles. The molecule has 1 aliphatic rings. The van der Waals surface area contributed by atoms with Crippen molar-refractivity contribution in [2.75, 3.05) is 31.6 Å². The molecule has 128 valence electrons. The molecule has 9 heteroatoms. The van der Waals surface area contributed by atoms with Gasteiger partial charge >= 0.3 is 0 Å². The van der Waals surface area contributed by atoms with E-state index in [1.54, 1.807) is 12.3 Å². The molecule has 0 bridgehead atoms. The first-order valence-corrected chi connectivity index (χ1v) is 8.91. The minimum Gasteiger partial charge on any atom is -0.379 e. The number of anilines is 1. The van der Waals surface area contributed by atoms with E-state index in [1.165, 1.54) is 16.6 Å². The molecule has 3 heterocycles. The van der Waals surface area contributed by atoms with E-state index < -0.39 is 15.9 Å². The second-order valence-corrected chi connectivity index (χ2v) is 7.38. The number of nitrogens with zero attached hydrogens (tertiary/aromatic N) is 2. The molecule has 1 amide bonds. The number of pyridine rings is 1. The summed E-state index contributed by atoms with van der Waals surface area (Å²) in [6.45, 7) is 3.25. The zero-order valence-corrected chi connectivity index (χ0v) is 14.0. The minimum atomic E-state index is -3.63. The molecule has 2 aromatic rings. The Hall–Kier alpha value is -2.23. The van der Waals surface area contributed by atoms with Crippen LogP contribution in [0.3, 0.4) is 0 Å². The summed E-state index contributed by atoms with van der Waals surface area (Å²) in [5, 5.41) is 2.63. The summed E-state index contributed by atoms with van der Waals surface area (Å²) in [5.41, 5.74) is 1.12. The highest BCUT2D eigenvalue weighted by molar-refractivity contribution is 7.89. The van der Waals surface area contributed by atoms with Crippen LogP contribution in [0.15, 0.2) is 35.5 Å². The fourth-order valence-electron chi connectivity index (χ4n) is 2.38. The summed E-state index contributed by atoms with van der Waals surface area (Å²) < 4.78 is 31.6. The Morgan fingerprint density at radius 2 is 2.08 bits per heavy atom. The lowest BCUT2D eigenvalue weighted by atomic mass is 10.3. The maximum Gasteiger partial charge on any atom is 0.273 e. The molecular formula is C15H18N4O4S. The van der Waals surface area contributed by atoms with E-state index in [2.05, 4.69) is 15.3 Å². The van der Waals surface area contributed by atoms with E-state index in [9.17, 15) is 13.2 Å². The van der Waals surface area contributed by atoms with Gasteiger partial charge in [-0.3, -0.25) is 4.79 Å². The molecule has 1 saturated heterocycles. The first-order chi connectivity index (χ1) is 11.5. The van der Waals surface area contributed by atoms with Gasteiger partial charge in [0.05, 0.1) is 13.2 Å². The summed E-state index contributed by atoms with van der Waals surface area (Å²) in [6.07, 6.45) is 2.91. The number of carbonyl (C=O) groups excluding carboxylic acids is 1. The number of aromatic amines is 1. The van der Waals surface area contributed by atoms with Crippen molar-refractivity contribution in [2.24, 2.45) is 0 Å². The number of rotatable bonds is 4. The van der Waals surface area contributed by atoms with Crippen LogP contribution in [0.1, 0.15) is 16.1 Å². The van der Waals surface area contributed by atoms with Gasteiger partial charge in [-0.25, -0.2) is 13.4 Å². The molecule has 0 aliphatic carbocycles. The largest absolute Gasteiger partial charge is 0.379 e. The minimum absolute atomic E-state index is 0.0618. The van der Waals surface area contributed by atoms with Crippen molar-refractivity contribution in [1.29, 1.82) is 0 Å². The number of hydrogen-bond acceptors (Lipinski definition) is 5. The first kappa shape index (κ1) is 16.6. The SMILES string of the molecule is Cc1ccnc(NC(=O)c2cc(S(=O)(=O)N3CCOCC3)c[nH]2)c1. The standard InChI is InChI=1S/C15H18N4O4S/c1-11-2-3-16-14(8-11)18-15(20)13-9-12(10-17-13)24(21,22)19-4-6-23-7-5-19/h2-3,8-10,17H,4-7H2,1H3,(H,16,18,20). The highest BCUT2D eigenvalue weighted by atomic mass is 32.2. The van der Waals surface area contributed by atoms with Crippen LogP contribution in [-0.2, 0) is 14.8 Å². The van der Waals surface area contributed by atoms with Gasteiger partial charge in [-0.05, 0) is 30.7 Å². The number of H-pyrrole nitrogens is 1. The summed E-state index contributed by atoms with van der Waals surface area (Å²) in [5.74, 6) is -0.0382. The molecule has 0 spiro atoms. The van der Waals surface area contributed by atoms with Crippen LogP contribution in [0.2, 0.25) is 0 Å². The van der Waals surface area contributed by atoms with Crippen LogP contribution >= 0.6 is 0 Å². The number of nitrogens with one attached hydrogen (secondary N) is 2. The number of aryl methyl sites for hydroxylation is 1. The molecule has 0 radical (unpaired) electrons. The number of aromatic nitrogens is 2. The predicted molar refractivity (Wildman–Crippen MR) is 87.3 cm³/mol.